The van der Waals surface area contributed by atoms with E-state index in [2.05, 4.69) is 28.8 Å². The summed E-state index contributed by atoms with van der Waals surface area (Å²) >= 11 is 0. The van der Waals surface area contributed by atoms with Crippen LogP contribution in [0.15, 0.2) is 42.5 Å². The molecule has 4 rings (SSSR count). The van der Waals surface area contributed by atoms with Crippen molar-refractivity contribution in [3.05, 3.63) is 70.3 Å². The Hall–Kier alpha value is -2.46. The predicted octanol–water partition coefficient (Wildman–Crippen LogP) is 3.00. The van der Waals surface area contributed by atoms with E-state index in [0.29, 0.717) is 23.1 Å². The zero-order chi connectivity index (χ0) is 18.0. The van der Waals surface area contributed by atoms with E-state index in [4.69, 9.17) is 0 Å². The van der Waals surface area contributed by atoms with E-state index in [9.17, 15) is 9.59 Å². The Morgan fingerprint density at radius 2 is 1.92 bits per heavy atom. The number of piperidine rings is 1. The van der Waals surface area contributed by atoms with Crippen molar-refractivity contribution in [3.8, 4) is 0 Å². The monoisotopic (exact) mass is 348 g/mol. The van der Waals surface area contributed by atoms with Gasteiger partial charge in [0.1, 0.15) is 0 Å². The molecular formula is C22H24N2O2. The lowest BCUT2D eigenvalue weighted by Gasteiger charge is -2.35. The Morgan fingerprint density at radius 3 is 2.73 bits per heavy atom. The summed E-state index contributed by atoms with van der Waals surface area (Å²) < 4.78 is 0. The van der Waals surface area contributed by atoms with Gasteiger partial charge in [0, 0.05) is 17.7 Å². The number of aldehydes is 1. The lowest BCUT2D eigenvalue weighted by Crippen LogP contribution is -2.38. The van der Waals surface area contributed by atoms with Crippen molar-refractivity contribution >= 4 is 12.2 Å². The first-order valence-corrected chi connectivity index (χ1v) is 9.37. The van der Waals surface area contributed by atoms with Crippen molar-refractivity contribution in [2.45, 2.75) is 37.6 Å². The summed E-state index contributed by atoms with van der Waals surface area (Å²) in [6, 6.07) is 13.5. The molecule has 1 spiro atoms. The zero-order valence-corrected chi connectivity index (χ0v) is 14.9. The molecule has 0 atom stereocenters. The van der Waals surface area contributed by atoms with Gasteiger partial charge >= 0.3 is 0 Å². The number of carbonyl (C=O) groups is 2. The Labute approximate surface area is 154 Å². The third-order valence-corrected chi connectivity index (χ3v) is 5.96. The summed E-state index contributed by atoms with van der Waals surface area (Å²) in [5.41, 5.74) is 5.25. The van der Waals surface area contributed by atoms with Gasteiger partial charge in [-0.1, -0.05) is 36.4 Å². The molecule has 1 fully saturated rings. The molecule has 0 bridgehead atoms. The highest BCUT2D eigenvalue weighted by Gasteiger charge is 2.39. The van der Waals surface area contributed by atoms with Gasteiger partial charge < -0.3 is 10.6 Å². The first-order chi connectivity index (χ1) is 12.7. The van der Waals surface area contributed by atoms with Crippen molar-refractivity contribution < 1.29 is 9.59 Å². The summed E-state index contributed by atoms with van der Waals surface area (Å²) in [5.74, 6) is -0.204. The van der Waals surface area contributed by atoms with Crippen LogP contribution in [-0.2, 0) is 18.4 Å². The van der Waals surface area contributed by atoms with Crippen LogP contribution in [0.5, 0.6) is 0 Å². The lowest BCUT2D eigenvalue weighted by molar-refractivity contribution is 0.0945. The number of benzene rings is 2. The standard InChI is InChI=1S/C22H24N2O2/c25-15-18-3-1-2-4-19(18)21(26)24-14-16-5-6-17-7-8-22(20(17)13-16)9-11-23-12-10-22/h1-6,13,15,23H,7-12,14H2,(H,24,26). The molecule has 0 unspecified atom stereocenters. The quantitative estimate of drug-likeness (QED) is 0.835. The lowest BCUT2D eigenvalue weighted by atomic mass is 9.74. The third kappa shape index (κ3) is 3.06. The smallest absolute Gasteiger partial charge is 0.252 e. The van der Waals surface area contributed by atoms with Gasteiger partial charge in [-0.15, -0.1) is 0 Å². The Kier molecular flexibility index (Phi) is 4.60. The largest absolute Gasteiger partial charge is 0.348 e. The number of fused-ring (bicyclic) bond motifs is 2. The van der Waals surface area contributed by atoms with Crippen LogP contribution in [-0.4, -0.2) is 25.3 Å². The Balaban J connectivity index is 1.51. The van der Waals surface area contributed by atoms with Crippen molar-refractivity contribution in [2.24, 2.45) is 0 Å². The summed E-state index contributed by atoms with van der Waals surface area (Å²) in [6.07, 6.45) is 5.53. The molecule has 2 N–H and O–H groups in total. The van der Waals surface area contributed by atoms with Gasteiger partial charge in [0.05, 0.1) is 0 Å². The third-order valence-electron chi connectivity index (χ3n) is 5.96. The van der Waals surface area contributed by atoms with Crippen LogP contribution < -0.4 is 10.6 Å². The van der Waals surface area contributed by atoms with Gasteiger partial charge in [0.15, 0.2) is 6.29 Å². The minimum atomic E-state index is -0.204. The van der Waals surface area contributed by atoms with Crippen LogP contribution in [0.25, 0.3) is 0 Å². The van der Waals surface area contributed by atoms with E-state index in [1.165, 1.54) is 30.4 Å². The van der Waals surface area contributed by atoms with Crippen LogP contribution >= 0.6 is 0 Å². The molecule has 0 aromatic heterocycles. The second-order valence-electron chi connectivity index (χ2n) is 7.41. The summed E-state index contributed by atoms with van der Waals surface area (Å²) in [4.78, 5) is 23.6. The number of aryl methyl sites for hydroxylation is 1. The average molecular weight is 348 g/mol. The SMILES string of the molecule is O=Cc1ccccc1C(=O)NCc1ccc2c(c1)C1(CCNCC1)CC2. The Morgan fingerprint density at radius 1 is 1.12 bits per heavy atom. The molecule has 0 saturated carbocycles. The number of amides is 1. The van der Waals surface area contributed by atoms with Crippen LogP contribution in [0.1, 0.15) is 56.7 Å². The number of nitrogens with one attached hydrogen (secondary N) is 2. The number of hydrogen-bond acceptors (Lipinski definition) is 3. The van der Waals surface area contributed by atoms with Gasteiger partial charge in [0.2, 0.25) is 0 Å². The number of rotatable bonds is 4. The molecule has 4 heteroatoms. The normalized spacial score (nSPS) is 17.7. The predicted molar refractivity (Wildman–Crippen MR) is 102 cm³/mol. The maximum Gasteiger partial charge on any atom is 0.252 e. The van der Waals surface area contributed by atoms with Crippen molar-refractivity contribution in [2.75, 3.05) is 13.1 Å². The molecule has 2 aliphatic rings. The second-order valence-corrected chi connectivity index (χ2v) is 7.41. The number of hydrogen-bond donors (Lipinski definition) is 2. The second kappa shape index (κ2) is 7.04. The molecule has 1 aliphatic heterocycles. The van der Waals surface area contributed by atoms with Crippen molar-refractivity contribution in [1.82, 2.24) is 10.6 Å². The van der Waals surface area contributed by atoms with Gasteiger partial charge in [-0.05, 0) is 66.9 Å². The van der Waals surface area contributed by atoms with Crippen molar-refractivity contribution in [1.29, 1.82) is 0 Å². The fourth-order valence-electron chi connectivity index (χ4n) is 4.46. The molecule has 2 aromatic carbocycles. The summed E-state index contributed by atoms with van der Waals surface area (Å²) in [7, 11) is 0. The average Bonchev–Trinajstić information content (AvgIpc) is 3.04. The molecular weight excluding hydrogens is 324 g/mol. The van der Waals surface area contributed by atoms with E-state index in [0.717, 1.165) is 31.4 Å². The van der Waals surface area contributed by atoms with Crippen molar-refractivity contribution in [3.63, 3.8) is 0 Å². The minimum Gasteiger partial charge on any atom is -0.348 e. The topological polar surface area (TPSA) is 58.2 Å². The number of carbonyl (C=O) groups excluding carboxylic acids is 2. The van der Waals surface area contributed by atoms with Crippen LogP contribution in [0.2, 0.25) is 0 Å². The highest BCUT2D eigenvalue weighted by atomic mass is 16.1. The maximum atomic E-state index is 12.4. The summed E-state index contributed by atoms with van der Waals surface area (Å²) in [5, 5.41) is 6.43. The van der Waals surface area contributed by atoms with Gasteiger partial charge in [0.25, 0.3) is 5.91 Å². The molecule has 0 radical (unpaired) electrons. The van der Waals surface area contributed by atoms with E-state index in [1.54, 1.807) is 24.3 Å². The highest BCUT2D eigenvalue weighted by Crippen LogP contribution is 2.45. The van der Waals surface area contributed by atoms with Crippen LogP contribution in [0, 0.1) is 0 Å². The molecule has 134 valence electrons. The fraction of sp³-hybridized carbons (Fsp3) is 0.364. The first-order valence-electron chi connectivity index (χ1n) is 9.37. The zero-order valence-electron chi connectivity index (χ0n) is 14.9. The first kappa shape index (κ1) is 17.0. The maximum absolute atomic E-state index is 12.4. The molecule has 1 heterocycles. The van der Waals surface area contributed by atoms with E-state index in [1.807, 2.05) is 0 Å². The van der Waals surface area contributed by atoms with E-state index < -0.39 is 0 Å². The summed E-state index contributed by atoms with van der Waals surface area (Å²) in [6.45, 7) is 2.65. The molecule has 1 amide bonds. The minimum absolute atomic E-state index is 0.204. The van der Waals surface area contributed by atoms with E-state index in [-0.39, 0.29) is 5.91 Å². The van der Waals surface area contributed by atoms with Gasteiger partial charge in [-0.25, -0.2) is 0 Å². The van der Waals surface area contributed by atoms with Crippen LogP contribution in [0.3, 0.4) is 0 Å². The fourth-order valence-corrected chi connectivity index (χ4v) is 4.46. The van der Waals surface area contributed by atoms with Crippen LogP contribution in [0.4, 0.5) is 0 Å². The van der Waals surface area contributed by atoms with Gasteiger partial charge in [-0.2, -0.15) is 0 Å². The molecule has 1 saturated heterocycles. The molecule has 4 nitrogen and oxygen atoms in total. The Bertz CT molecular complexity index is 832. The van der Waals surface area contributed by atoms with E-state index >= 15 is 0 Å². The highest BCUT2D eigenvalue weighted by molar-refractivity contribution is 6.01. The molecule has 26 heavy (non-hydrogen) atoms. The van der Waals surface area contributed by atoms with Gasteiger partial charge in [-0.3, -0.25) is 9.59 Å². The molecule has 2 aromatic rings. The molecule has 1 aliphatic carbocycles.